The van der Waals surface area contributed by atoms with Crippen LogP contribution in [0.15, 0.2) is 91.4 Å². The fourth-order valence-corrected chi connectivity index (χ4v) is 5.23. The Kier molecular flexibility index (Phi) is 4.52. The van der Waals surface area contributed by atoms with Gasteiger partial charge in [-0.25, -0.2) is 0 Å². The number of aromatic nitrogens is 3. The number of nitrogens with one attached hydrogen (secondary N) is 1. The Morgan fingerprint density at radius 2 is 1.12 bits per heavy atom. The van der Waals surface area contributed by atoms with Crippen molar-refractivity contribution < 1.29 is 9.59 Å². The maximum Gasteiger partial charge on any atom is 0.227 e. The number of fused-ring (bicyclic) bond motifs is 3. The Balaban J connectivity index is 1.74. The van der Waals surface area contributed by atoms with Crippen LogP contribution in [0.4, 0.5) is 0 Å². The summed E-state index contributed by atoms with van der Waals surface area (Å²) in [5, 5.41) is 3.16. The number of aromatic amines is 1. The molecular weight excluding hydrogens is 422 g/mol. The van der Waals surface area contributed by atoms with Crippen LogP contribution in [0.5, 0.6) is 0 Å². The second kappa shape index (κ2) is 7.59. The van der Waals surface area contributed by atoms with Gasteiger partial charge in [-0.05, 0) is 34.9 Å². The van der Waals surface area contributed by atoms with Gasteiger partial charge in [-0.3, -0.25) is 18.7 Å². The first-order valence-corrected chi connectivity index (χ1v) is 11.3. The number of carbonyl (C=O) groups is 2. The van der Waals surface area contributed by atoms with Crippen LogP contribution in [0.25, 0.3) is 32.7 Å². The van der Waals surface area contributed by atoms with E-state index in [1.54, 1.807) is 23.0 Å². The molecule has 34 heavy (non-hydrogen) atoms. The van der Waals surface area contributed by atoms with Crippen LogP contribution in [-0.2, 0) is 0 Å². The molecule has 0 radical (unpaired) electrons. The summed E-state index contributed by atoms with van der Waals surface area (Å²) in [6, 6.07) is 24.2. The van der Waals surface area contributed by atoms with Crippen LogP contribution >= 0.6 is 0 Å². The number of carbonyl (C=O) groups excluding carboxylic acids is 2. The van der Waals surface area contributed by atoms with Crippen molar-refractivity contribution >= 4 is 44.5 Å². The second-order valence-electron chi connectivity index (χ2n) is 8.70. The molecule has 0 aliphatic rings. The Morgan fingerprint density at radius 3 is 1.65 bits per heavy atom. The lowest BCUT2D eigenvalue weighted by atomic mass is 9.84. The van der Waals surface area contributed by atoms with Gasteiger partial charge in [0.05, 0.1) is 11.0 Å². The lowest BCUT2D eigenvalue weighted by Crippen LogP contribution is -2.06. The quantitative estimate of drug-likeness (QED) is 0.335. The van der Waals surface area contributed by atoms with E-state index >= 15 is 0 Å². The number of H-pyrrole nitrogens is 1. The SMILES string of the molecule is CC(=O)n1cc(C(c2c[nH]c3ccccc23)c2cn(C(C)=O)c3ccccc23)c2ccccc21. The second-order valence-corrected chi connectivity index (χ2v) is 8.70. The first kappa shape index (κ1) is 20.2. The fourth-order valence-electron chi connectivity index (χ4n) is 5.23. The number of para-hydroxylation sites is 3. The van der Waals surface area contributed by atoms with E-state index in [1.165, 1.54) is 0 Å². The summed E-state index contributed by atoms with van der Waals surface area (Å²) in [5.41, 5.74) is 5.97. The molecule has 166 valence electrons. The van der Waals surface area contributed by atoms with Crippen molar-refractivity contribution in [3.05, 3.63) is 108 Å². The van der Waals surface area contributed by atoms with E-state index in [-0.39, 0.29) is 17.7 Å². The first-order chi connectivity index (χ1) is 16.5. The van der Waals surface area contributed by atoms with E-state index < -0.39 is 0 Å². The molecule has 0 aliphatic heterocycles. The Labute approximate surface area is 196 Å². The molecule has 0 saturated heterocycles. The van der Waals surface area contributed by atoms with E-state index in [1.807, 2.05) is 60.9 Å². The lowest BCUT2D eigenvalue weighted by molar-refractivity contribution is 0.0933. The highest BCUT2D eigenvalue weighted by atomic mass is 16.2. The van der Waals surface area contributed by atoms with Gasteiger partial charge in [0.25, 0.3) is 0 Å². The van der Waals surface area contributed by atoms with Gasteiger partial charge in [-0.2, -0.15) is 0 Å². The van der Waals surface area contributed by atoms with Crippen molar-refractivity contribution in [3.8, 4) is 0 Å². The molecule has 0 bridgehead atoms. The third-order valence-electron chi connectivity index (χ3n) is 6.72. The summed E-state index contributed by atoms with van der Waals surface area (Å²) < 4.78 is 3.44. The van der Waals surface area contributed by atoms with Crippen LogP contribution in [-0.4, -0.2) is 25.9 Å². The van der Waals surface area contributed by atoms with Gasteiger partial charge in [0.1, 0.15) is 0 Å². The van der Waals surface area contributed by atoms with Crippen molar-refractivity contribution in [1.29, 1.82) is 0 Å². The van der Waals surface area contributed by atoms with Crippen LogP contribution in [0.2, 0.25) is 0 Å². The summed E-state index contributed by atoms with van der Waals surface area (Å²) in [4.78, 5) is 28.5. The Hall–Kier alpha value is -4.38. The smallest absolute Gasteiger partial charge is 0.227 e. The monoisotopic (exact) mass is 445 g/mol. The van der Waals surface area contributed by atoms with Gasteiger partial charge < -0.3 is 4.98 Å². The van der Waals surface area contributed by atoms with Crippen molar-refractivity contribution in [2.45, 2.75) is 19.8 Å². The van der Waals surface area contributed by atoms with Gasteiger partial charge in [-0.15, -0.1) is 0 Å². The topological polar surface area (TPSA) is 59.8 Å². The molecule has 6 rings (SSSR count). The number of rotatable bonds is 3. The highest BCUT2D eigenvalue weighted by Gasteiger charge is 2.28. The Bertz CT molecular complexity index is 1640. The minimum Gasteiger partial charge on any atom is -0.361 e. The van der Waals surface area contributed by atoms with Gasteiger partial charge in [0, 0.05) is 60.0 Å². The predicted molar refractivity (Wildman–Crippen MR) is 136 cm³/mol. The van der Waals surface area contributed by atoms with Gasteiger partial charge in [0.2, 0.25) is 11.8 Å². The third-order valence-corrected chi connectivity index (χ3v) is 6.72. The summed E-state index contributed by atoms with van der Waals surface area (Å²) in [5.74, 6) is -0.260. The average molecular weight is 446 g/mol. The fraction of sp³-hybridized carbons (Fsp3) is 0.103. The molecule has 0 fully saturated rings. The zero-order valence-corrected chi connectivity index (χ0v) is 18.9. The summed E-state index contributed by atoms with van der Waals surface area (Å²) in [7, 11) is 0. The van der Waals surface area contributed by atoms with E-state index in [9.17, 15) is 9.59 Å². The first-order valence-electron chi connectivity index (χ1n) is 11.3. The Morgan fingerprint density at radius 1 is 0.647 bits per heavy atom. The molecule has 5 nitrogen and oxygen atoms in total. The van der Waals surface area contributed by atoms with Crippen molar-refractivity contribution in [3.63, 3.8) is 0 Å². The van der Waals surface area contributed by atoms with Crippen LogP contribution in [0.1, 0.15) is 46.0 Å². The molecule has 0 amide bonds. The predicted octanol–water partition coefficient (Wildman–Crippen LogP) is 6.58. The molecule has 1 N–H and O–H groups in total. The van der Waals surface area contributed by atoms with Crippen molar-refractivity contribution in [1.82, 2.24) is 14.1 Å². The molecular formula is C29H23N3O2. The van der Waals surface area contributed by atoms with Gasteiger partial charge >= 0.3 is 0 Å². The van der Waals surface area contributed by atoms with Crippen LogP contribution < -0.4 is 0 Å². The standard InChI is InChI=1S/C29H23N3O2/c1-18(33)31-16-24(21-10-4-7-13-27(21)31)29(23-15-30-26-12-6-3-9-20(23)26)25-17-32(19(2)34)28-14-8-5-11-22(25)28/h3-17,29-30H,1-2H3. The molecule has 0 atom stereocenters. The number of benzene rings is 3. The zero-order chi connectivity index (χ0) is 23.4. The summed E-state index contributed by atoms with van der Waals surface area (Å²) >= 11 is 0. The lowest BCUT2D eigenvalue weighted by Gasteiger charge is -2.16. The number of hydrogen-bond donors (Lipinski definition) is 1. The van der Waals surface area contributed by atoms with Crippen molar-refractivity contribution in [2.75, 3.05) is 0 Å². The number of hydrogen-bond acceptors (Lipinski definition) is 2. The summed E-state index contributed by atoms with van der Waals surface area (Å²) in [6.45, 7) is 3.16. The summed E-state index contributed by atoms with van der Waals surface area (Å²) in [6.07, 6.45) is 5.97. The van der Waals surface area contributed by atoms with E-state index in [0.29, 0.717) is 0 Å². The highest BCUT2D eigenvalue weighted by Crippen LogP contribution is 2.43. The third kappa shape index (κ3) is 2.94. The molecule has 0 spiro atoms. The molecule has 6 aromatic rings. The molecule has 0 aliphatic carbocycles. The van der Waals surface area contributed by atoms with E-state index in [0.717, 1.165) is 49.4 Å². The van der Waals surface area contributed by atoms with E-state index in [2.05, 4.69) is 35.4 Å². The van der Waals surface area contributed by atoms with Gasteiger partial charge in [-0.1, -0.05) is 54.6 Å². The minimum absolute atomic E-state index is 0.0358. The molecule has 3 aromatic heterocycles. The molecule has 5 heteroatoms. The molecule has 0 saturated carbocycles. The zero-order valence-electron chi connectivity index (χ0n) is 18.9. The maximum absolute atomic E-state index is 12.5. The average Bonchev–Trinajstić information content (AvgIpc) is 3.55. The number of nitrogens with zero attached hydrogens (tertiary/aromatic N) is 2. The normalized spacial score (nSPS) is 11.7. The van der Waals surface area contributed by atoms with Crippen molar-refractivity contribution in [2.24, 2.45) is 0 Å². The molecule has 3 aromatic carbocycles. The van der Waals surface area contributed by atoms with Crippen LogP contribution in [0, 0.1) is 0 Å². The maximum atomic E-state index is 12.5. The largest absolute Gasteiger partial charge is 0.361 e. The van der Waals surface area contributed by atoms with Gasteiger partial charge in [0.15, 0.2) is 0 Å². The van der Waals surface area contributed by atoms with E-state index in [4.69, 9.17) is 0 Å². The highest BCUT2D eigenvalue weighted by molar-refractivity contribution is 5.98. The molecule has 3 heterocycles. The van der Waals surface area contributed by atoms with Crippen LogP contribution in [0.3, 0.4) is 0 Å². The minimum atomic E-state index is -0.188. The molecule has 0 unspecified atom stereocenters.